The molecule has 1 aromatic heterocycles. The first-order valence-corrected chi connectivity index (χ1v) is 8.65. The predicted octanol–water partition coefficient (Wildman–Crippen LogP) is 1.86. The number of nitrogens with one attached hydrogen (secondary N) is 1. The van der Waals surface area contributed by atoms with Gasteiger partial charge in [-0.3, -0.25) is 4.90 Å². The Morgan fingerprint density at radius 2 is 2.08 bits per heavy atom. The zero-order valence-corrected chi connectivity index (χ0v) is 13.8. The van der Waals surface area contributed by atoms with E-state index in [9.17, 15) is 4.79 Å². The monoisotopic (exact) mass is 325 g/mol. The maximum absolute atomic E-state index is 11.9. The third-order valence-corrected chi connectivity index (χ3v) is 4.92. The fourth-order valence-electron chi connectivity index (χ4n) is 3.70. The van der Waals surface area contributed by atoms with Crippen LogP contribution in [-0.4, -0.2) is 57.8 Å². The van der Waals surface area contributed by atoms with Gasteiger partial charge in [-0.15, -0.1) is 0 Å². The van der Waals surface area contributed by atoms with Gasteiger partial charge in [0.15, 0.2) is 0 Å². The van der Waals surface area contributed by atoms with E-state index in [0.717, 1.165) is 51.3 Å². The predicted molar refractivity (Wildman–Crippen MR) is 92.0 cm³/mol. The van der Waals surface area contributed by atoms with Gasteiger partial charge in [-0.2, -0.15) is 5.10 Å². The minimum Gasteiger partial charge on any atom is -0.336 e. The molecule has 3 heterocycles. The molecule has 0 spiro atoms. The van der Waals surface area contributed by atoms with Crippen LogP contribution in [0.4, 0.5) is 4.79 Å². The van der Waals surface area contributed by atoms with E-state index in [4.69, 9.17) is 0 Å². The molecule has 4 rings (SSSR count). The first-order chi connectivity index (χ1) is 11.8. The number of piperidine rings is 1. The molecular weight excluding hydrogens is 302 g/mol. The van der Waals surface area contributed by atoms with Gasteiger partial charge in [0.05, 0.1) is 5.69 Å². The molecule has 2 saturated heterocycles. The molecule has 2 aliphatic heterocycles. The Hall–Kier alpha value is -2.34. The van der Waals surface area contributed by atoms with Crippen molar-refractivity contribution in [1.29, 1.82) is 0 Å². The summed E-state index contributed by atoms with van der Waals surface area (Å²) in [6, 6.07) is 10.9. The molecule has 1 N–H and O–H groups in total. The minimum absolute atomic E-state index is 0.102. The topological polar surface area (TPSA) is 53.4 Å². The Morgan fingerprint density at radius 1 is 1.21 bits per heavy atom. The van der Waals surface area contributed by atoms with Crippen LogP contribution in [0.2, 0.25) is 0 Å². The summed E-state index contributed by atoms with van der Waals surface area (Å²) in [4.78, 5) is 16.3. The van der Waals surface area contributed by atoms with E-state index in [-0.39, 0.29) is 6.03 Å². The average molecular weight is 325 g/mol. The molecule has 2 fully saturated rings. The molecule has 24 heavy (non-hydrogen) atoms. The van der Waals surface area contributed by atoms with E-state index < -0.39 is 0 Å². The summed E-state index contributed by atoms with van der Waals surface area (Å²) in [6.45, 7) is 4.63. The molecule has 0 radical (unpaired) electrons. The fourth-order valence-corrected chi connectivity index (χ4v) is 3.70. The van der Waals surface area contributed by atoms with Crippen LogP contribution < -0.4 is 5.32 Å². The maximum atomic E-state index is 11.9. The number of likely N-dealkylation sites (tertiary alicyclic amines) is 1. The van der Waals surface area contributed by atoms with Crippen LogP contribution in [0.3, 0.4) is 0 Å². The second-order valence-corrected chi connectivity index (χ2v) is 6.57. The smallest absolute Gasteiger partial charge is 0.317 e. The molecule has 6 nitrogen and oxygen atoms in total. The lowest BCUT2D eigenvalue weighted by Gasteiger charge is -2.37. The average Bonchev–Trinajstić information content (AvgIpc) is 3.27. The number of aromatic nitrogens is 2. The number of carbonyl (C=O) groups excluding carboxylic acids is 1. The van der Waals surface area contributed by atoms with Crippen molar-refractivity contribution in [2.24, 2.45) is 0 Å². The quantitative estimate of drug-likeness (QED) is 0.933. The molecule has 126 valence electrons. The molecule has 0 bridgehead atoms. The van der Waals surface area contributed by atoms with Crippen molar-refractivity contribution in [2.75, 3.05) is 26.2 Å². The number of hydrogen-bond acceptors (Lipinski definition) is 3. The van der Waals surface area contributed by atoms with Crippen molar-refractivity contribution in [1.82, 2.24) is 24.9 Å². The maximum Gasteiger partial charge on any atom is 0.317 e. The lowest BCUT2D eigenvalue weighted by Crippen LogP contribution is -2.48. The Morgan fingerprint density at radius 3 is 2.79 bits per heavy atom. The van der Waals surface area contributed by atoms with Crippen LogP contribution in [0.25, 0.3) is 5.69 Å². The van der Waals surface area contributed by atoms with E-state index >= 15 is 0 Å². The number of carbonyl (C=O) groups is 1. The highest BCUT2D eigenvalue weighted by Crippen LogP contribution is 2.20. The van der Waals surface area contributed by atoms with Gasteiger partial charge in [-0.05, 0) is 43.1 Å². The summed E-state index contributed by atoms with van der Waals surface area (Å²) in [5.41, 5.74) is 2.38. The molecule has 1 unspecified atom stereocenters. The summed E-state index contributed by atoms with van der Waals surface area (Å²) in [5.74, 6) is 0. The third kappa shape index (κ3) is 3.14. The Balaban J connectivity index is 1.38. The van der Waals surface area contributed by atoms with Crippen molar-refractivity contribution in [2.45, 2.75) is 25.4 Å². The number of benzene rings is 1. The van der Waals surface area contributed by atoms with E-state index in [1.807, 2.05) is 21.8 Å². The van der Waals surface area contributed by atoms with Gasteiger partial charge in [0, 0.05) is 44.6 Å². The Labute approximate surface area is 142 Å². The summed E-state index contributed by atoms with van der Waals surface area (Å²) < 4.78 is 1.87. The molecule has 0 aliphatic carbocycles. The normalized spacial score (nSPS) is 21.9. The van der Waals surface area contributed by atoms with Gasteiger partial charge in [0.1, 0.15) is 0 Å². The standard InChI is InChI=1S/C18H23N5O/c24-18-19-9-12-22(18)17-3-1-10-21(14-17)13-15-4-6-16(7-5-15)23-11-2-8-20-23/h2,4-8,11,17H,1,3,9-10,12-14H2,(H,19,24). The van der Waals surface area contributed by atoms with Gasteiger partial charge in [-0.25, -0.2) is 9.48 Å². The SMILES string of the molecule is O=C1NCCN1C1CCCN(Cc2ccc(-n3cccn3)cc2)C1. The number of nitrogens with zero attached hydrogens (tertiary/aromatic N) is 4. The largest absolute Gasteiger partial charge is 0.336 e. The van der Waals surface area contributed by atoms with Crippen LogP contribution in [0.5, 0.6) is 0 Å². The van der Waals surface area contributed by atoms with Crippen LogP contribution in [0.1, 0.15) is 18.4 Å². The minimum atomic E-state index is 0.102. The first-order valence-electron chi connectivity index (χ1n) is 8.65. The van der Waals surface area contributed by atoms with E-state index in [1.54, 1.807) is 6.20 Å². The molecule has 2 amide bonds. The zero-order chi connectivity index (χ0) is 16.4. The summed E-state index contributed by atoms with van der Waals surface area (Å²) in [5, 5.41) is 7.17. The van der Waals surface area contributed by atoms with Crippen LogP contribution >= 0.6 is 0 Å². The highest BCUT2D eigenvalue weighted by atomic mass is 16.2. The number of rotatable bonds is 4. The highest BCUT2D eigenvalue weighted by molar-refractivity contribution is 5.76. The van der Waals surface area contributed by atoms with E-state index in [2.05, 4.69) is 39.6 Å². The lowest BCUT2D eigenvalue weighted by atomic mass is 10.0. The van der Waals surface area contributed by atoms with Crippen molar-refractivity contribution in [3.63, 3.8) is 0 Å². The van der Waals surface area contributed by atoms with Crippen molar-refractivity contribution in [3.05, 3.63) is 48.3 Å². The van der Waals surface area contributed by atoms with Crippen molar-refractivity contribution >= 4 is 6.03 Å². The summed E-state index contributed by atoms with van der Waals surface area (Å²) in [7, 11) is 0. The highest BCUT2D eigenvalue weighted by Gasteiger charge is 2.31. The van der Waals surface area contributed by atoms with Crippen LogP contribution in [-0.2, 0) is 6.54 Å². The molecule has 1 aromatic carbocycles. The second-order valence-electron chi connectivity index (χ2n) is 6.57. The molecule has 2 aromatic rings. The molecule has 1 atom stereocenters. The van der Waals surface area contributed by atoms with Gasteiger partial charge in [0.2, 0.25) is 0 Å². The van der Waals surface area contributed by atoms with E-state index in [1.165, 1.54) is 5.56 Å². The van der Waals surface area contributed by atoms with Crippen LogP contribution in [0.15, 0.2) is 42.7 Å². The van der Waals surface area contributed by atoms with Gasteiger partial charge in [-0.1, -0.05) is 12.1 Å². The fraction of sp³-hybridized carbons (Fsp3) is 0.444. The molecule has 0 saturated carbocycles. The first kappa shape index (κ1) is 15.2. The van der Waals surface area contributed by atoms with Crippen molar-refractivity contribution < 1.29 is 4.79 Å². The van der Waals surface area contributed by atoms with Gasteiger partial charge < -0.3 is 10.2 Å². The summed E-state index contributed by atoms with van der Waals surface area (Å²) in [6.07, 6.45) is 6.00. The summed E-state index contributed by atoms with van der Waals surface area (Å²) >= 11 is 0. The second kappa shape index (κ2) is 6.65. The van der Waals surface area contributed by atoms with Gasteiger partial charge >= 0.3 is 6.03 Å². The van der Waals surface area contributed by atoms with Crippen LogP contribution in [0, 0.1) is 0 Å². The van der Waals surface area contributed by atoms with E-state index in [0.29, 0.717) is 6.04 Å². The van der Waals surface area contributed by atoms with Gasteiger partial charge in [0.25, 0.3) is 0 Å². The number of amides is 2. The third-order valence-electron chi connectivity index (χ3n) is 4.92. The molecule has 6 heteroatoms. The lowest BCUT2D eigenvalue weighted by molar-refractivity contribution is 0.122. The number of hydrogen-bond donors (Lipinski definition) is 1. The van der Waals surface area contributed by atoms with Crippen molar-refractivity contribution in [3.8, 4) is 5.69 Å². The number of urea groups is 1. The Kier molecular flexibility index (Phi) is 4.21. The Bertz CT molecular complexity index is 682. The zero-order valence-electron chi connectivity index (χ0n) is 13.8. The molecule has 2 aliphatic rings. The molecular formula is C18H23N5O.